The number of nitrogens with zero attached hydrogens (tertiary/aromatic N) is 4. The highest BCUT2D eigenvalue weighted by molar-refractivity contribution is 6.02. The van der Waals surface area contributed by atoms with Crippen molar-refractivity contribution in [1.29, 1.82) is 0 Å². The average molecular weight is 732 g/mol. The van der Waals surface area contributed by atoms with Crippen molar-refractivity contribution in [2.45, 2.75) is 25.3 Å². The van der Waals surface area contributed by atoms with Crippen LogP contribution in [-0.4, -0.2) is 62.6 Å². The lowest BCUT2D eigenvalue weighted by Gasteiger charge is -2.22. The Hall–Kier alpha value is -6.84. The van der Waals surface area contributed by atoms with Gasteiger partial charge < -0.3 is 15.4 Å². The zero-order valence-electron chi connectivity index (χ0n) is 30.3. The number of carbonyl (C=O) groups excluding carboxylic acids is 3. The highest BCUT2D eigenvalue weighted by Gasteiger charge is 2.26. The first-order chi connectivity index (χ1) is 26.7. The van der Waals surface area contributed by atoms with E-state index < -0.39 is 6.04 Å². The van der Waals surface area contributed by atoms with Crippen molar-refractivity contribution in [1.82, 2.24) is 29.7 Å². The molecule has 12 heteroatoms. The van der Waals surface area contributed by atoms with Crippen LogP contribution in [0.5, 0.6) is 0 Å². The molecule has 0 spiro atoms. The SMILES string of the molecule is Cn1c(=O)n(C)c2c(C3=CCOCC3)cc(-c3cccc4cc(-c5ccc(C(=O)NCC#Cc6cccc(NC7CCC(=O)NC7=O)c6)nc5)ncc34)cc21. The van der Waals surface area contributed by atoms with Gasteiger partial charge >= 0.3 is 5.69 Å². The van der Waals surface area contributed by atoms with Gasteiger partial charge in [-0.25, -0.2) is 4.79 Å². The third kappa shape index (κ3) is 7.13. The van der Waals surface area contributed by atoms with E-state index in [2.05, 4.69) is 57.1 Å². The molecule has 12 nitrogen and oxygen atoms in total. The number of piperidine rings is 1. The molecule has 0 bridgehead atoms. The summed E-state index contributed by atoms with van der Waals surface area (Å²) >= 11 is 0. The molecule has 8 rings (SSSR count). The molecule has 1 saturated heterocycles. The molecular weight excluding hydrogens is 695 g/mol. The van der Waals surface area contributed by atoms with E-state index in [9.17, 15) is 19.2 Å². The molecule has 3 aromatic carbocycles. The van der Waals surface area contributed by atoms with Crippen molar-refractivity contribution >= 4 is 50.8 Å². The van der Waals surface area contributed by atoms with Gasteiger partial charge in [-0.05, 0) is 83.5 Å². The summed E-state index contributed by atoms with van der Waals surface area (Å²) in [6.45, 7) is 1.30. The monoisotopic (exact) mass is 731 g/mol. The number of carbonyl (C=O) groups is 3. The molecule has 5 heterocycles. The third-order valence-electron chi connectivity index (χ3n) is 10.1. The second kappa shape index (κ2) is 14.9. The number of imide groups is 1. The molecule has 1 unspecified atom stereocenters. The fraction of sp³-hybridized carbons (Fsp3) is 0.209. The summed E-state index contributed by atoms with van der Waals surface area (Å²) in [6, 6.07) is 22.7. The molecule has 0 aliphatic carbocycles. The van der Waals surface area contributed by atoms with Crippen molar-refractivity contribution in [3.63, 3.8) is 0 Å². The van der Waals surface area contributed by atoms with Crippen molar-refractivity contribution < 1.29 is 19.1 Å². The van der Waals surface area contributed by atoms with Gasteiger partial charge in [-0.15, -0.1) is 0 Å². The number of anilines is 1. The minimum absolute atomic E-state index is 0.0721. The molecule has 55 heavy (non-hydrogen) atoms. The number of fused-ring (bicyclic) bond motifs is 2. The number of aryl methyl sites for hydroxylation is 2. The van der Waals surface area contributed by atoms with Crippen LogP contribution in [0, 0.1) is 11.8 Å². The molecule has 6 aromatic rings. The Morgan fingerprint density at radius 1 is 0.927 bits per heavy atom. The summed E-state index contributed by atoms with van der Waals surface area (Å²) in [6.07, 6.45) is 7.09. The molecule has 0 radical (unpaired) electrons. The number of amides is 3. The highest BCUT2D eigenvalue weighted by Crippen LogP contribution is 2.36. The zero-order chi connectivity index (χ0) is 38.1. The molecule has 2 aliphatic heterocycles. The van der Waals surface area contributed by atoms with E-state index >= 15 is 0 Å². The molecule has 3 aromatic heterocycles. The van der Waals surface area contributed by atoms with Crippen LogP contribution in [0.4, 0.5) is 5.69 Å². The predicted molar refractivity (Wildman–Crippen MR) is 211 cm³/mol. The Balaban J connectivity index is 0.966. The highest BCUT2D eigenvalue weighted by atomic mass is 16.5. The lowest BCUT2D eigenvalue weighted by atomic mass is 9.93. The lowest BCUT2D eigenvalue weighted by molar-refractivity contribution is -0.133. The molecule has 3 amide bonds. The molecule has 1 fully saturated rings. The quantitative estimate of drug-likeness (QED) is 0.154. The first kappa shape index (κ1) is 35.2. The summed E-state index contributed by atoms with van der Waals surface area (Å²) in [5, 5.41) is 10.2. The van der Waals surface area contributed by atoms with Crippen molar-refractivity contribution in [3.8, 4) is 34.2 Å². The Labute approximate surface area is 316 Å². The van der Waals surface area contributed by atoms with Crippen molar-refractivity contribution in [2.75, 3.05) is 25.1 Å². The molecule has 274 valence electrons. The van der Waals surface area contributed by atoms with Crippen LogP contribution in [0.25, 0.3) is 49.8 Å². The minimum atomic E-state index is -0.487. The van der Waals surface area contributed by atoms with Crippen LogP contribution in [0.2, 0.25) is 0 Å². The molecule has 1 atom stereocenters. The summed E-state index contributed by atoms with van der Waals surface area (Å²) in [4.78, 5) is 58.6. The zero-order valence-corrected chi connectivity index (χ0v) is 30.3. The lowest BCUT2D eigenvalue weighted by Crippen LogP contribution is -2.47. The van der Waals surface area contributed by atoms with E-state index in [1.807, 2.05) is 61.8 Å². The van der Waals surface area contributed by atoms with Crippen LogP contribution in [0.3, 0.4) is 0 Å². The molecule has 0 saturated carbocycles. The van der Waals surface area contributed by atoms with E-state index in [1.165, 1.54) is 5.57 Å². The average Bonchev–Trinajstić information content (AvgIpc) is 3.43. The number of hydrogen-bond donors (Lipinski definition) is 3. The van der Waals surface area contributed by atoms with Gasteiger partial charge in [-0.2, -0.15) is 0 Å². The van der Waals surface area contributed by atoms with Crippen LogP contribution < -0.4 is 21.6 Å². The van der Waals surface area contributed by atoms with Gasteiger partial charge in [0, 0.05) is 60.7 Å². The van der Waals surface area contributed by atoms with E-state index in [0.29, 0.717) is 30.9 Å². The molecule has 3 N–H and O–H groups in total. The Morgan fingerprint density at radius 3 is 2.60 bits per heavy atom. The Bertz CT molecular complexity index is 2680. The number of hydrogen-bond acceptors (Lipinski definition) is 8. The summed E-state index contributed by atoms with van der Waals surface area (Å²) in [7, 11) is 3.62. The summed E-state index contributed by atoms with van der Waals surface area (Å²) in [5.74, 6) is 5.03. The summed E-state index contributed by atoms with van der Waals surface area (Å²) < 4.78 is 9.00. The third-order valence-corrected chi connectivity index (χ3v) is 10.1. The van der Waals surface area contributed by atoms with Gasteiger partial charge in [0.1, 0.15) is 11.7 Å². The summed E-state index contributed by atoms with van der Waals surface area (Å²) in [5.41, 5.74) is 9.08. The van der Waals surface area contributed by atoms with Gasteiger partial charge in [-0.3, -0.25) is 38.8 Å². The number of pyridine rings is 2. The first-order valence-electron chi connectivity index (χ1n) is 18.0. The number of rotatable bonds is 7. The van der Waals surface area contributed by atoms with Gasteiger partial charge in [0.15, 0.2) is 0 Å². The van der Waals surface area contributed by atoms with E-state index in [4.69, 9.17) is 9.72 Å². The standard InChI is InChI=1S/C43H37N7O5/c1-49-38-23-30(21-33(27-15-18-55-19-16-27)40(38)50(2)43(49)54)32-10-4-8-28-22-37(46-25-34(28)32)29-11-12-35(45-24-29)41(52)44-17-5-7-26-6-3-9-31(20-26)47-36-13-14-39(51)48-42(36)53/h3-4,6,8-12,15,20-25,36,47H,13-14,16-19H2,1-2H3,(H,44,52)(H,48,51,53). The topological polar surface area (TPSA) is 149 Å². The maximum atomic E-state index is 13.0. The van der Waals surface area contributed by atoms with Crippen LogP contribution in [-0.2, 0) is 28.4 Å². The maximum absolute atomic E-state index is 13.0. The van der Waals surface area contributed by atoms with Gasteiger partial charge in [0.2, 0.25) is 11.8 Å². The Morgan fingerprint density at radius 2 is 1.80 bits per heavy atom. The van der Waals surface area contributed by atoms with E-state index in [1.54, 1.807) is 28.4 Å². The minimum Gasteiger partial charge on any atom is -0.377 e. The maximum Gasteiger partial charge on any atom is 0.328 e. The Kier molecular flexibility index (Phi) is 9.53. The largest absolute Gasteiger partial charge is 0.377 e. The van der Waals surface area contributed by atoms with Crippen molar-refractivity contribution in [3.05, 3.63) is 119 Å². The number of ether oxygens (including phenoxy) is 1. The fourth-order valence-electron chi connectivity index (χ4n) is 7.16. The molecular formula is C43H37N7O5. The van der Waals surface area contributed by atoms with Gasteiger partial charge in [-0.1, -0.05) is 42.2 Å². The second-order valence-corrected chi connectivity index (χ2v) is 13.6. The van der Waals surface area contributed by atoms with Crippen LogP contribution in [0.15, 0.2) is 96.1 Å². The first-order valence-corrected chi connectivity index (χ1v) is 18.0. The smallest absolute Gasteiger partial charge is 0.328 e. The van der Waals surface area contributed by atoms with Crippen molar-refractivity contribution in [2.24, 2.45) is 14.1 Å². The predicted octanol–water partition coefficient (Wildman–Crippen LogP) is 4.96. The number of aromatic nitrogens is 4. The normalized spacial score (nSPS) is 15.6. The molecule has 2 aliphatic rings. The van der Waals surface area contributed by atoms with Crippen LogP contribution in [0.1, 0.15) is 40.9 Å². The number of imidazole rings is 1. The van der Waals surface area contributed by atoms with Crippen LogP contribution >= 0.6 is 0 Å². The number of nitrogens with one attached hydrogen (secondary N) is 3. The van der Waals surface area contributed by atoms with Gasteiger partial charge in [0.05, 0.1) is 36.5 Å². The second-order valence-electron chi connectivity index (χ2n) is 13.6. The number of benzene rings is 3. The van der Waals surface area contributed by atoms with E-state index in [0.717, 1.165) is 56.2 Å². The van der Waals surface area contributed by atoms with E-state index in [-0.39, 0.29) is 42.1 Å². The fourth-order valence-corrected chi connectivity index (χ4v) is 7.16. The van der Waals surface area contributed by atoms with Gasteiger partial charge in [0.25, 0.3) is 5.91 Å².